The van der Waals surface area contributed by atoms with Crippen molar-refractivity contribution in [1.29, 1.82) is 0 Å². The van der Waals surface area contributed by atoms with E-state index in [1.165, 1.54) is 0 Å². The summed E-state index contributed by atoms with van der Waals surface area (Å²) in [4.78, 5) is 20.0. The van der Waals surface area contributed by atoms with Gasteiger partial charge >= 0.3 is 6.09 Å². The first kappa shape index (κ1) is 17.9. The molecule has 1 N–H and O–H groups in total. The molecule has 1 aliphatic heterocycles. The van der Waals surface area contributed by atoms with Gasteiger partial charge in [-0.2, -0.15) is 10.1 Å². The minimum Gasteiger partial charge on any atom is -0.450 e. The maximum atomic E-state index is 11.8. The average Bonchev–Trinajstić information content (AvgIpc) is 2.69. The van der Waals surface area contributed by atoms with Crippen LogP contribution in [0, 0.1) is 0 Å². The highest BCUT2D eigenvalue weighted by molar-refractivity contribution is 5.67. The van der Waals surface area contributed by atoms with Crippen molar-refractivity contribution in [3.05, 3.63) is 36.5 Å². The number of anilines is 3. The molecule has 138 valence electrons. The van der Waals surface area contributed by atoms with Crippen LogP contribution in [0.15, 0.2) is 36.5 Å². The van der Waals surface area contributed by atoms with E-state index >= 15 is 0 Å². The van der Waals surface area contributed by atoms with E-state index in [9.17, 15) is 4.79 Å². The standard InChI is InChI=1S/C18H24N6O2/c1-3-26-18(25)24-11-9-14(10-12-24)20-17-21-16(13-19-22-17)23(2)15-7-5-4-6-8-15/h4-8,13-14H,3,9-12H2,1-2H3,(H,20,21,22). The lowest BCUT2D eigenvalue weighted by molar-refractivity contribution is 0.0983. The Morgan fingerprint density at radius 2 is 2.04 bits per heavy atom. The smallest absolute Gasteiger partial charge is 0.409 e. The summed E-state index contributed by atoms with van der Waals surface area (Å²) >= 11 is 0. The maximum absolute atomic E-state index is 11.8. The molecule has 2 heterocycles. The van der Waals surface area contributed by atoms with Crippen LogP contribution in [-0.2, 0) is 4.74 Å². The molecule has 1 saturated heterocycles. The van der Waals surface area contributed by atoms with Crippen molar-refractivity contribution >= 4 is 23.5 Å². The Morgan fingerprint density at radius 1 is 1.31 bits per heavy atom. The number of aromatic nitrogens is 3. The quantitative estimate of drug-likeness (QED) is 0.882. The monoisotopic (exact) mass is 356 g/mol. The van der Waals surface area contributed by atoms with Crippen LogP contribution < -0.4 is 10.2 Å². The Kier molecular flexibility index (Phi) is 5.83. The first-order chi connectivity index (χ1) is 12.7. The van der Waals surface area contributed by atoms with Gasteiger partial charge in [-0.1, -0.05) is 18.2 Å². The van der Waals surface area contributed by atoms with Crippen LogP contribution in [0.4, 0.5) is 22.2 Å². The van der Waals surface area contributed by atoms with Crippen molar-refractivity contribution in [2.45, 2.75) is 25.8 Å². The number of hydrogen-bond acceptors (Lipinski definition) is 7. The first-order valence-corrected chi connectivity index (χ1v) is 8.84. The molecule has 1 aliphatic rings. The number of carbonyl (C=O) groups is 1. The fourth-order valence-corrected chi connectivity index (χ4v) is 2.91. The molecule has 1 fully saturated rings. The van der Waals surface area contributed by atoms with E-state index in [1.807, 2.05) is 49.2 Å². The lowest BCUT2D eigenvalue weighted by Gasteiger charge is -2.31. The highest BCUT2D eigenvalue weighted by Gasteiger charge is 2.24. The van der Waals surface area contributed by atoms with E-state index in [0.717, 1.165) is 24.3 Å². The van der Waals surface area contributed by atoms with Crippen molar-refractivity contribution < 1.29 is 9.53 Å². The molecule has 1 aromatic heterocycles. The first-order valence-electron chi connectivity index (χ1n) is 8.84. The van der Waals surface area contributed by atoms with Crippen LogP contribution in [0.5, 0.6) is 0 Å². The largest absolute Gasteiger partial charge is 0.450 e. The lowest BCUT2D eigenvalue weighted by atomic mass is 10.1. The van der Waals surface area contributed by atoms with Gasteiger partial charge in [-0.15, -0.1) is 5.10 Å². The predicted octanol–water partition coefficient (Wildman–Crippen LogP) is 2.67. The number of hydrogen-bond donors (Lipinski definition) is 1. The molecule has 3 rings (SSSR count). The summed E-state index contributed by atoms with van der Waals surface area (Å²) in [7, 11) is 1.95. The van der Waals surface area contributed by atoms with Crippen LogP contribution in [0.25, 0.3) is 0 Å². The number of amides is 1. The van der Waals surface area contributed by atoms with Crippen molar-refractivity contribution in [2.24, 2.45) is 0 Å². The molecule has 2 aromatic rings. The van der Waals surface area contributed by atoms with Gasteiger partial charge in [-0.05, 0) is 31.9 Å². The van der Waals surface area contributed by atoms with Crippen molar-refractivity contribution in [2.75, 3.05) is 37.0 Å². The van der Waals surface area contributed by atoms with Crippen molar-refractivity contribution in [1.82, 2.24) is 20.1 Å². The van der Waals surface area contributed by atoms with Crippen molar-refractivity contribution in [3.8, 4) is 0 Å². The summed E-state index contributed by atoms with van der Waals surface area (Å²) in [5.74, 6) is 1.22. The van der Waals surface area contributed by atoms with E-state index in [4.69, 9.17) is 4.74 Å². The Balaban J connectivity index is 1.59. The van der Waals surface area contributed by atoms with Gasteiger partial charge < -0.3 is 19.9 Å². The molecule has 0 radical (unpaired) electrons. The number of rotatable bonds is 5. The minimum atomic E-state index is -0.240. The third-order valence-corrected chi connectivity index (χ3v) is 4.39. The molecular weight excluding hydrogens is 332 g/mol. The molecule has 0 unspecified atom stereocenters. The lowest BCUT2D eigenvalue weighted by Crippen LogP contribution is -2.42. The molecule has 0 spiro atoms. The van der Waals surface area contributed by atoms with Crippen LogP contribution in [0.3, 0.4) is 0 Å². The van der Waals surface area contributed by atoms with E-state index in [1.54, 1.807) is 11.1 Å². The molecule has 8 nitrogen and oxygen atoms in total. The molecular formula is C18H24N6O2. The zero-order chi connectivity index (χ0) is 18.4. The zero-order valence-electron chi connectivity index (χ0n) is 15.1. The molecule has 1 amide bonds. The van der Waals surface area contributed by atoms with Gasteiger partial charge in [0.1, 0.15) is 0 Å². The van der Waals surface area contributed by atoms with Crippen LogP contribution >= 0.6 is 0 Å². The Morgan fingerprint density at radius 3 is 2.73 bits per heavy atom. The van der Waals surface area contributed by atoms with E-state index in [2.05, 4.69) is 20.5 Å². The number of piperidine rings is 1. The highest BCUT2D eigenvalue weighted by atomic mass is 16.6. The second-order valence-corrected chi connectivity index (χ2v) is 6.14. The van der Waals surface area contributed by atoms with Gasteiger partial charge in [0, 0.05) is 31.9 Å². The number of benzene rings is 1. The third-order valence-electron chi connectivity index (χ3n) is 4.39. The SMILES string of the molecule is CCOC(=O)N1CCC(Nc2nncc(N(C)c3ccccc3)n2)CC1. The highest BCUT2D eigenvalue weighted by Crippen LogP contribution is 2.21. The number of nitrogens with zero attached hydrogens (tertiary/aromatic N) is 5. The molecule has 1 aromatic carbocycles. The zero-order valence-corrected chi connectivity index (χ0v) is 15.1. The summed E-state index contributed by atoms with van der Waals surface area (Å²) in [6.07, 6.45) is 3.04. The predicted molar refractivity (Wildman–Crippen MR) is 99.6 cm³/mol. The maximum Gasteiger partial charge on any atom is 0.409 e. The minimum absolute atomic E-state index is 0.208. The van der Waals surface area contributed by atoms with Gasteiger partial charge in [0.05, 0.1) is 12.8 Å². The third kappa shape index (κ3) is 4.38. The molecule has 0 atom stereocenters. The summed E-state index contributed by atoms with van der Waals surface area (Å²) in [6.45, 7) is 3.54. The van der Waals surface area contributed by atoms with Gasteiger partial charge in [-0.3, -0.25) is 0 Å². The van der Waals surface area contributed by atoms with E-state index in [-0.39, 0.29) is 12.1 Å². The molecule has 0 saturated carbocycles. The number of carbonyl (C=O) groups excluding carboxylic acids is 1. The fourth-order valence-electron chi connectivity index (χ4n) is 2.91. The normalized spacial score (nSPS) is 14.8. The molecule has 0 aliphatic carbocycles. The van der Waals surface area contributed by atoms with E-state index < -0.39 is 0 Å². The molecule has 0 bridgehead atoms. The average molecular weight is 356 g/mol. The van der Waals surface area contributed by atoms with Crippen LogP contribution in [0.2, 0.25) is 0 Å². The van der Waals surface area contributed by atoms with Crippen LogP contribution in [0.1, 0.15) is 19.8 Å². The van der Waals surface area contributed by atoms with E-state index in [0.29, 0.717) is 25.6 Å². The number of nitrogens with one attached hydrogen (secondary N) is 1. The second-order valence-electron chi connectivity index (χ2n) is 6.14. The van der Waals surface area contributed by atoms with Gasteiger partial charge in [0.2, 0.25) is 5.95 Å². The summed E-state index contributed by atoms with van der Waals surface area (Å²) in [5, 5.41) is 11.5. The Labute approximate surface area is 153 Å². The summed E-state index contributed by atoms with van der Waals surface area (Å²) in [5.41, 5.74) is 1.03. The number of para-hydroxylation sites is 1. The fraction of sp³-hybridized carbons (Fsp3) is 0.444. The number of likely N-dealkylation sites (tertiary alicyclic amines) is 1. The van der Waals surface area contributed by atoms with Crippen molar-refractivity contribution in [3.63, 3.8) is 0 Å². The van der Waals surface area contributed by atoms with Crippen LogP contribution in [-0.4, -0.2) is 59.0 Å². The Hall–Kier alpha value is -2.90. The summed E-state index contributed by atoms with van der Waals surface area (Å²) in [6, 6.07) is 10.2. The number of ether oxygens (including phenoxy) is 1. The molecule has 8 heteroatoms. The van der Waals surface area contributed by atoms with Gasteiger partial charge in [0.15, 0.2) is 5.82 Å². The van der Waals surface area contributed by atoms with Gasteiger partial charge in [-0.25, -0.2) is 4.79 Å². The van der Waals surface area contributed by atoms with Gasteiger partial charge in [0.25, 0.3) is 0 Å². The topological polar surface area (TPSA) is 83.5 Å². The second kappa shape index (κ2) is 8.46. The molecule has 26 heavy (non-hydrogen) atoms. The Bertz CT molecular complexity index is 719. The summed E-state index contributed by atoms with van der Waals surface area (Å²) < 4.78 is 5.05.